The predicted octanol–water partition coefficient (Wildman–Crippen LogP) is 4.11. The Labute approximate surface area is 212 Å². The fraction of sp³-hybridized carbons (Fsp3) is 0.0769. The van der Waals surface area contributed by atoms with E-state index in [0.29, 0.717) is 33.7 Å². The zero-order chi connectivity index (χ0) is 26.0. The Balaban J connectivity index is 1.46. The van der Waals surface area contributed by atoms with Crippen molar-refractivity contribution in [3.8, 4) is 11.4 Å². The van der Waals surface area contributed by atoms with E-state index in [0.717, 1.165) is 0 Å². The van der Waals surface area contributed by atoms with Crippen molar-refractivity contribution in [2.45, 2.75) is 10.3 Å². The quantitative estimate of drug-likeness (QED) is 0.313. The van der Waals surface area contributed by atoms with Crippen molar-refractivity contribution < 1.29 is 23.1 Å². The van der Waals surface area contributed by atoms with E-state index >= 15 is 0 Å². The van der Waals surface area contributed by atoms with E-state index in [9.17, 15) is 18.3 Å². The fourth-order valence-corrected chi connectivity index (χ4v) is 5.43. The molecule has 2 aromatic carbocycles. The summed E-state index contributed by atoms with van der Waals surface area (Å²) in [6.45, 7) is 0. The maximum atomic E-state index is 13.6. The van der Waals surface area contributed by atoms with E-state index in [1.54, 1.807) is 65.6 Å². The molecule has 0 saturated heterocycles. The van der Waals surface area contributed by atoms with Gasteiger partial charge >= 0.3 is 5.97 Å². The molecule has 3 aromatic heterocycles. The molecular formula is C26H21N5O5S. The van der Waals surface area contributed by atoms with Crippen LogP contribution in [0.25, 0.3) is 16.7 Å². The van der Waals surface area contributed by atoms with E-state index in [4.69, 9.17) is 4.74 Å². The molecule has 0 saturated carbocycles. The summed E-state index contributed by atoms with van der Waals surface area (Å²) in [5.41, 5.74) is 2.30. The summed E-state index contributed by atoms with van der Waals surface area (Å²) >= 11 is 0. The van der Waals surface area contributed by atoms with Gasteiger partial charge in [-0.05, 0) is 60.7 Å². The second-order valence-electron chi connectivity index (χ2n) is 8.08. The van der Waals surface area contributed by atoms with Gasteiger partial charge in [-0.15, -0.1) is 0 Å². The van der Waals surface area contributed by atoms with E-state index in [-0.39, 0.29) is 10.5 Å². The summed E-state index contributed by atoms with van der Waals surface area (Å²) in [7, 11) is -2.34. The molecule has 1 unspecified atom stereocenters. The third kappa shape index (κ3) is 4.71. The lowest BCUT2D eigenvalue weighted by Gasteiger charge is -2.21. The average Bonchev–Trinajstić information content (AvgIpc) is 3.36. The van der Waals surface area contributed by atoms with Crippen LogP contribution in [0.1, 0.15) is 21.3 Å². The molecule has 2 N–H and O–H groups in total. The number of aromatic nitrogens is 4. The lowest BCUT2D eigenvalue weighted by molar-refractivity contribution is 0.0696. The number of anilines is 1. The van der Waals surface area contributed by atoms with Crippen molar-refractivity contribution in [2.24, 2.45) is 0 Å². The predicted molar refractivity (Wildman–Crippen MR) is 137 cm³/mol. The first-order chi connectivity index (χ1) is 17.9. The summed E-state index contributed by atoms with van der Waals surface area (Å²) < 4.78 is 34.0. The van der Waals surface area contributed by atoms with Crippen molar-refractivity contribution in [1.82, 2.24) is 19.7 Å². The smallest absolute Gasteiger partial charge is 0.337 e. The highest BCUT2D eigenvalue weighted by Gasteiger charge is 2.29. The van der Waals surface area contributed by atoms with Gasteiger partial charge < -0.3 is 15.2 Å². The van der Waals surface area contributed by atoms with Crippen LogP contribution in [0, 0.1) is 0 Å². The molecular weight excluding hydrogens is 494 g/mol. The van der Waals surface area contributed by atoms with Crippen LogP contribution < -0.4 is 10.1 Å². The molecule has 10 nitrogen and oxygen atoms in total. The van der Waals surface area contributed by atoms with E-state index < -0.39 is 21.2 Å². The molecule has 0 fully saturated rings. The van der Waals surface area contributed by atoms with Gasteiger partial charge in [-0.25, -0.2) is 22.9 Å². The molecule has 5 rings (SSSR count). The normalized spacial score (nSPS) is 12.2. The number of rotatable bonds is 8. The van der Waals surface area contributed by atoms with Crippen LogP contribution in [0.2, 0.25) is 0 Å². The zero-order valence-corrected chi connectivity index (χ0v) is 20.3. The molecule has 0 aliphatic carbocycles. The zero-order valence-electron chi connectivity index (χ0n) is 19.5. The number of carboxylic acid groups (broad SMARTS) is 1. The second-order valence-corrected chi connectivity index (χ2v) is 10.1. The molecule has 0 bridgehead atoms. The molecule has 0 amide bonds. The van der Waals surface area contributed by atoms with Gasteiger partial charge in [-0.2, -0.15) is 5.10 Å². The topological polar surface area (TPSA) is 136 Å². The average molecular weight is 516 g/mol. The summed E-state index contributed by atoms with van der Waals surface area (Å²) in [5.74, 6) is -0.509. The number of fused-ring (bicyclic) bond motifs is 1. The summed E-state index contributed by atoms with van der Waals surface area (Å²) in [6.07, 6.45) is 5.92. The number of aromatic carboxylic acids is 1. The Kier molecular flexibility index (Phi) is 6.28. The van der Waals surface area contributed by atoms with Crippen LogP contribution in [0.4, 0.5) is 5.69 Å². The standard InChI is InChI=1S/C26H21N5O5S/c1-36-22-8-10-23(11-9-22)37(34,35)25(17-3-2-12-27-14-17)30-20-4-6-21(7-5-20)31-24-18(16-29-31)13-19(15-28-24)26(32)33/h2-16,25,30H,1H3,(H,32,33). The number of nitrogens with zero attached hydrogens (tertiary/aromatic N) is 4. The van der Waals surface area contributed by atoms with Crippen molar-refractivity contribution in [1.29, 1.82) is 0 Å². The van der Waals surface area contributed by atoms with Gasteiger partial charge in [0.25, 0.3) is 0 Å². The number of benzene rings is 2. The highest BCUT2D eigenvalue weighted by molar-refractivity contribution is 7.91. The maximum absolute atomic E-state index is 13.6. The Morgan fingerprint density at radius 2 is 1.78 bits per heavy atom. The van der Waals surface area contributed by atoms with Gasteiger partial charge in [0.15, 0.2) is 11.0 Å². The second kappa shape index (κ2) is 9.70. The fourth-order valence-electron chi connectivity index (χ4n) is 3.85. The van der Waals surface area contributed by atoms with Crippen molar-refractivity contribution in [3.05, 3.63) is 103 Å². The molecule has 3 heterocycles. The number of hydrogen-bond acceptors (Lipinski definition) is 8. The van der Waals surface area contributed by atoms with Crippen molar-refractivity contribution in [2.75, 3.05) is 12.4 Å². The van der Waals surface area contributed by atoms with Crippen LogP contribution in [-0.2, 0) is 9.84 Å². The highest BCUT2D eigenvalue weighted by Crippen LogP contribution is 2.31. The maximum Gasteiger partial charge on any atom is 0.337 e. The first-order valence-corrected chi connectivity index (χ1v) is 12.6. The number of ether oxygens (including phenoxy) is 1. The first-order valence-electron chi connectivity index (χ1n) is 11.1. The minimum Gasteiger partial charge on any atom is -0.497 e. The third-order valence-corrected chi connectivity index (χ3v) is 7.69. The molecule has 11 heteroatoms. The first kappa shape index (κ1) is 23.9. The molecule has 0 aliphatic rings. The Morgan fingerprint density at radius 1 is 1.03 bits per heavy atom. The van der Waals surface area contributed by atoms with E-state index in [1.165, 1.54) is 37.7 Å². The monoisotopic (exact) mass is 515 g/mol. The number of hydrogen-bond donors (Lipinski definition) is 2. The van der Waals surface area contributed by atoms with E-state index in [1.807, 2.05) is 0 Å². The number of nitrogens with one attached hydrogen (secondary N) is 1. The van der Waals surface area contributed by atoms with Crippen LogP contribution in [0.15, 0.2) is 96.4 Å². The number of sulfone groups is 1. The van der Waals surface area contributed by atoms with Crippen LogP contribution in [0.5, 0.6) is 5.75 Å². The number of pyridine rings is 2. The number of methoxy groups -OCH3 is 1. The van der Waals surface area contributed by atoms with Gasteiger partial charge in [0.2, 0.25) is 9.84 Å². The molecule has 0 radical (unpaired) electrons. The van der Waals surface area contributed by atoms with Crippen LogP contribution in [0.3, 0.4) is 0 Å². The van der Waals surface area contributed by atoms with Crippen LogP contribution in [-0.4, -0.2) is 46.4 Å². The molecule has 37 heavy (non-hydrogen) atoms. The molecule has 1 atom stereocenters. The Morgan fingerprint density at radius 3 is 2.43 bits per heavy atom. The molecule has 186 valence electrons. The van der Waals surface area contributed by atoms with Crippen molar-refractivity contribution >= 4 is 32.5 Å². The minimum absolute atomic E-state index is 0.0751. The lowest BCUT2D eigenvalue weighted by atomic mass is 10.2. The largest absolute Gasteiger partial charge is 0.497 e. The van der Waals surface area contributed by atoms with E-state index in [2.05, 4.69) is 20.4 Å². The summed E-state index contributed by atoms with van der Waals surface area (Å²) in [4.78, 5) is 19.7. The van der Waals surface area contributed by atoms with Gasteiger partial charge in [0.1, 0.15) is 5.75 Å². The highest BCUT2D eigenvalue weighted by atomic mass is 32.2. The molecule has 0 aliphatic heterocycles. The molecule has 0 spiro atoms. The number of carboxylic acids is 1. The van der Waals surface area contributed by atoms with Crippen molar-refractivity contribution in [3.63, 3.8) is 0 Å². The Hall–Kier alpha value is -4.77. The number of carbonyl (C=O) groups is 1. The Bertz CT molecular complexity index is 1670. The van der Waals surface area contributed by atoms with Gasteiger partial charge in [0, 0.05) is 35.2 Å². The van der Waals surface area contributed by atoms with Crippen LogP contribution >= 0.6 is 0 Å². The van der Waals surface area contributed by atoms with Gasteiger partial charge in [-0.3, -0.25) is 4.98 Å². The SMILES string of the molecule is COc1ccc(S(=O)(=O)C(Nc2ccc(-n3ncc4cc(C(=O)O)cnc43)cc2)c2cccnc2)cc1. The summed E-state index contributed by atoms with van der Waals surface area (Å²) in [5, 5.41) is 16.1. The van der Waals surface area contributed by atoms with Gasteiger partial charge in [0.05, 0.1) is 29.5 Å². The van der Waals surface area contributed by atoms with Gasteiger partial charge in [-0.1, -0.05) is 6.07 Å². The molecule has 5 aromatic rings. The lowest BCUT2D eigenvalue weighted by Crippen LogP contribution is -2.22. The minimum atomic E-state index is -3.85. The third-order valence-electron chi connectivity index (χ3n) is 5.75. The summed E-state index contributed by atoms with van der Waals surface area (Å²) in [6, 6.07) is 18.1.